The molecule has 0 radical (unpaired) electrons. The molecule has 0 bridgehead atoms. The Hall–Kier alpha value is -2.96. The molecule has 0 amide bonds. The van der Waals surface area contributed by atoms with Gasteiger partial charge in [-0.2, -0.15) is 0 Å². The van der Waals surface area contributed by atoms with Gasteiger partial charge in [-0.25, -0.2) is 0 Å². The maximum atomic E-state index is 10.6. The number of rotatable bonds is 10. The van der Waals surface area contributed by atoms with Crippen molar-refractivity contribution in [1.29, 1.82) is 0 Å². The molecule has 0 aliphatic carbocycles. The van der Waals surface area contributed by atoms with Crippen molar-refractivity contribution in [3.8, 4) is 11.5 Å². The third kappa shape index (κ3) is 6.99. The topological polar surface area (TPSA) is 93.1 Å². The summed E-state index contributed by atoms with van der Waals surface area (Å²) in [7, 11) is 0.00473. The predicted octanol–water partition coefficient (Wildman–Crippen LogP) is 2.45. The number of carboxylic acid groups (broad SMARTS) is 2. The Balaban J connectivity index is 1.84. The lowest BCUT2D eigenvalue weighted by atomic mass is 10.1. The van der Waals surface area contributed by atoms with E-state index in [-0.39, 0.29) is 20.5 Å². The van der Waals surface area contributed by atoms with Crippen molar-refractivity contribution in [2.45, 2.75) is 25.7 Å². The summed E-state index contributed by atoms with van der Waals surface area (Å²) < 4.78 is 11.1. The molecule has 0 atom stereocenters. The minimum absolute atomic E-state index is 0.00473. The fourth-order valence-corrected chi connectivity index (χ4v) is 2.25. The molecule has 25 heavy (non-hydrogen) atoms. The van der Waals surface area contributed by atoms with E-state index in [2.05, 4.69) is 0 Å². The Morgan fingerprint density at radius 3 is 1.64 bits per heavy atom. The number of hydrogen-bond acceptors (Lipinski definition) is 4. The monoisotopic (exact) mass is 342 g/mol. The molecule has 0 unspecified atom stereocenters. The largest absolute Gasteiger partial charge is 0.576 e. The van der Waals surface area contributed by atoms with Crippen LogP contribution in [0.15, 0.2) is 48.5 Å². The second-order valence-electron chi connectivity index (χ2n) is 5.49. The van der Waals surface area contributed by atoms with E-state index < -0.39 is 11.9 Å². The summed E-state index contributed by atoms with van der Waals surface area (Å²) in [5.74, 6) is -0.468. The molecule has 0 saturated heterocycles. The van der Waals surface area contributed by atoms with Gasteiger partial charge in [0, 0.05) is 12.8 Å². The fraction of sp³-hybridized carbons (Fsp3) is 0.222. The van der Waals surface area contributed by atoms with Gasteiger partial charge in [-0.05, 0) is 48.2 Å². The summed E-state index contributed by atoms with van der Waals surface area (Å²) >= 11 is 0. The van der Waals surface area contributed by atoms with Gasteiger partial charge in [-0.15, -0.1) is 0 Å². The summed E-state index contributed by atoms with van der Waals surface area (Å²) in [4.78, 5) is 21.2. The maximum absolute atomic E-state index is 10.6. The van der Waals surface area contributed by atoms with E-state index in [9.17, 15) is 9.59 Å². The highest BCUT2D eigenvalue weighted by Gasteiger charge is 2.05. The van der Waals surface area contributed by atoms with Crippen LogP contribution in [0.3, 0.4) is 0 Å². The molecule has 0 fully saturated rings. The number of benzene rings is 2. The first-order valence-corrected chi connectivity index (χ1v) is 7.90. The first kappa shape index (κ1) is 18.4. The van der Waals surface area contributed by atoms with Crippen molar-refractivity contribution in [2.24, 2.45) is 0 Å². The minimum atomic E-state index is -0.836. The van der Waals surface area contributed by atoms with Gasteiger partial charge in [-0.1, -0.05) is 24.3 Å². The van der Waals surface area contributed by atoms with Gasteiger partial charge in [0.2, 0.25) is 0 Å². The Labute approximate surface area is 146 Å². The summed E-state index contributed by atoms with van der Waals surface area (Å²) in [5.41, 5.74) is 1.77. The number of carbonyl (C=O) groups is 2. The zero-order chi connectivity index (χ0) is 18.1. The van der Waals surface area contributed by atoms with E-state index in [0.29, 0.717) is 24.3 Å². The summed E-state index contributed by atoms with van der Waals surface area (Å²) in [6.45, 7) is 0. The molecule has 6 nitrogen and oxygen atoms in total. The quantitative estimate of drug-likeness (QED) is 0.644. The molecular formula is C18H19BO6. The molecule has 0 heterocycles. The molecule has 2 aromatic carbocycles. The maximum Gasteiger partial charge on any atom is 0.576 e. The Kier molecular flexibility index (Phi) is 6.89. The van der Waals surface area contributed by atoms with Gasteiger partial charge >= 0.3 is 19.6 Å². The lowest BCUT2D eigenvalue weighted by Gasteiger charge is -2.09. The molecule has 2 rings (SSSR count). The first-order chi connectivity index (χ1) is 12.0. The fourth-order valence-electron chi connectivity index (χ4n) is 2.25. The molecule has 130 valence electrons. The van der Waals surface area contributed by atoms with Gasteiger partial charge < -0.3 is 19.5 Å². The molecule has 2 N–H and O–H groups in total. The van der Waals surface area contributed by atoms with Gasteiger partial charge in [0.1, 0.15) is 11.5 Å². The average molecular weight is 342 g/mol. The normalized spacial score (nSPS) is 10.1. The Bertz CT molecular complexity index is 670. The lowest BCUT2D eigenvalue weighted by Crippen LogP contribution is -2.11. The molecular weight excluding hydrogens is 323 g/mol. The molecule has 7 heteroatoms. The van der Waals surface area contributed by atoms with Crippen molar-refractivity contribution in [1.82, 2.24) is 0 Å². The van der Waals surface area contributed by atoms with Crippen LogP contribution in [0.2, 0.25) is 0 Å². The summed E-state index contributed by atoms with van der Waals surface area (Å²) in [6, 6.07) is 14.4. The molecule has 0 aliphatic rings. The number of carboxylic acids is 2. The highest BCUT2D eigenvalue weighted by molar-refractivity contribution is 6.20. The highest BCUT2D eigenvalue weighted by atomic mass is 16.6. The third-order valence-corrected chi connectivity index (χ3v) is 3.50. The second-order valence-corrected chi connectivity index (χ2v) is 5.49. The van der Waals surface area contributed by atoms with Gasteiger partial charge in [0.15, 0.2) is 0 Å². The lowest BCUT2D eigenvalue weighted by molar-refractivity contribution is -0.138. The van der Waals surface area contributed by atoms with E-state index in [1.807, 2.05) is 12.1 Å². The zero-order valence-corrected chi connectivity index (χ0v) is 13.7. The third-order valence-electron chi connectivity index (χ3n) is 3.50. The van der Waals surface area contributed by atoms with E-state index in [1.165, 1.54) is 0 Å². The van der Waals surface area contributed by atoms with Crippen LogP contribution in [0.4, 0.5) is 0 Å². The van der Waals surface area contributed by atoms with Crippen LogP contribution in [-0.4, -0.2) is 29.8 Å². The van der Waals surface area contributed by atoms with Crippen LogP contribution in [0.1, 0.15) is 24.0 Å². The van der Waals surface area contributed by atoms with Crippen LogP contribution in [0.25, 0.3) is 0 Å². The van der Waals surface area contributed by atoms with Crippen LogP contribution < -0.4 is 9.31 Å². The SMILES string of the molecule is O=C(O)CCc1cccc(OBOc2cccc(CCC(=O)O)c2)c1. The van der Waals surface area contributed by atoms with Crippen LogP contribution in [0, 0.1) is 0 Å². The molecule has 0 aromatic heterocycles. The van der Waals surface area contributed by atoms with Crippen LogP contribution >= 0.6 is 0 Å². The van der Waals surface area contributed by atoms with Gasteiger partial charge in [0.25, 0.3) is 0 Å². The number of aryl methyl sites for hydroxylation is 2. The Morgan fingerprint density at radius 2 is 1.24 bits per heavy atom. The van der Waals surface area contributed by atoms with E-state index in [0.717, 1.165) is 11.1 Å². The second kappa shape index (κ2) is 9.37. The van der Waals surface area contributed by atoms with Crippen molar-refractivity contribution in [2.75, 3.05) is 0 Å². The van der Waals surface area contributed by atoms with E-state index >= 15 is 0 Å². The zero-order valence-electron chi connectivity index (χ0n) is 13.7. The van der Waals surface area contributed by atoms with Crippen molar-refractivity contribution < 1.29 is 29.1 Å². The highest BCUT2D eigenvalue weighted by Crippen LogP contribution is 2.17. The van der Waals surface area contributed by atoms with Crippen LogP contribution in [-0.2, 0) is 22.4 Å². The average Bonchev–Trinajstić information content (AvgIpc) is 2.59. The van der Waals surface area contributed by atoms with Gasteiger partial charge in [0.05, 0.1) is 0 Å². The summed E-state index contributed by atoms with van der Waals surface area (Å²) in [6.07, 6.45) is 1.03. The number of aliphatic carboxylic acids is 2. The minimum Gasteiger partial charge on any atom is -0.529 e. The van der Waals surface area contributed by atoms with Gasteiger partial charge in [-0.3, -0.25) is 9.59 Å². The van der Waals surface area contributed by atoms with E-state index in [4.69, 9.17) is 19.5 Å². The van der Waals surface area contributed by atoms with Crippen molar-refractivity contribution >= 4 is 19.6 Å². The molecule has 0 saturated carbocycles. The smallest absolute Gasteiger partial charge is 0.529 e. The predicted molar refractivity (Wildman–Crippen MR) is 93.2 cm³/mol. The summed E-state index contributed by atoms with van der Waals surface area (Å²) in [5, 5.41) is 17.4. The first-order valence-electron chi connectivity index (χ1n) is 7.90. The Morgan fingerprint density at radius 1 is 0.800 bits per heavy atom. The van der Waals surface area contributed by atoms with Crippen molar-refractivity contribution in [3.63, 3.8) is 0 Å². The van der Waals surface area contributed by atoms with Crippen molar-refractivity contribution in [3.05, 3.63) is 59.7 Å². The van der Waals surface area contributed by atoms with E-state index in [1.54, 1.807) is 36.4 Å². The number of hydrogen-bond donors (Lipinski definition) is 2. The molecule has 2 aromatic rings. The standard InChI is InChI=1S/C18H19BO6/c20-17(21)9-7-13-3-1-5-15(11-13)24-19-25-16-6-2-4-14(12-16)8-10-18(22)23/h1-6,11-12,19H,7-10H2,(H,20,21)(H,22,23). The molecule has 0 spiro atoms. The molecule has 0 aliphatic heterocycles. The van der Waals surface area contributed by atoms with Crippen LogP contribution in [0.5, 0.6) is 11.5 Å².